The summed E-state index contributed by atoms with van der Waals surface area (Å²) in [6.45, 7) is 22.9. The van der Waals surface area contributed by atoms with Gasteiger partial charge in [-0.2, -0.15) is 0 Å². The molecule has 2 heterocycles. The van der Waals surface area contributed by atoms with Gasteiger partial charge in [-0.25, -0.2) is 9.97 Å². The Bertz CT molecular complexity index is 1370. The summed E-state index contributed by atoms with van der Waals surface area (Å²) in [6.07, 6.45) is 12.5. The summed E-state index contributed by atoms with van der Waals surface area (Å²) in [5.41, 5.74) is 3.70. The molecule has 0 aromatic carbocycles. The molecule has 1 saturated heterocycles. The monoisotopic (exact) mass is 618 g/mol. The molecule has 0 radical (unpaired) electrons. The Morgan fingerprint density at radius 2 is 1.78 bits per heavy atom. The summed E-state index contributed by atoms with van der Waals surface area (Å²) in [6, 6.07) is 0. The van der Waals surface area contributed by atoms with E-state index in [4.69, 9.17) is 14.7 Å². The zero-order valence-electron chi connectivity index (χ0n) is 29.0. The van der Waals surface area contributed by atoms with Gasteiger partial charge in [-0.15, -0.1) is 0 Å². The van der Waals surface area contributed by atoms with Crippen LogP contribution in [0.15, 0.2) is 18.0 Å². The fraction of sp³-hybridized carbons (Fsp3) is 0.816. The molecule has 9 atom stereocenters. The molecule has 1 aliphatic heterocycles. The lowest BCUT2D eigenvalue weighted by Crippen LogP contribution is -2.65. The van der Waals surface area contributed by atoms with E-state index in [9.17, 15) is 9.90 Å². The largest absolute Gasteiger partial charge is 0.481 e. The molecule has 0 spiro atoms. The number of carbonyl (C=O) groups is 1. The lowest BCUT2D eigenvalue weighted by molar-refractivity contribution is -0.179. The molecule has 248 valence electrons. The molecule has 9 unspecified atom stereocenters. The summed E-state index contributed by atoms with van der Waals surface area (Å²) in [5.74, 6) is 2.67. The van der Waals surface area contributed by atoms with Crippen LogP contribution in [-0.2, 0) is 21.4 Å². The van der Waals surface area contributed by atoms with Crippen molar-refractivity contribution in [3.8, 4) is 0 Å². The number of allylic oxidation sites excluding steroid dienone is 2. The van der Waals surface area contributed by atoms with E-state index in [1.807, 2.05) is 0 Å². The molecule has 1 aromatic heterocycles. The Kier molecular flexibility index (Phi) is 7.56. The molecule has 0 amide bonds. The van der Waals surface area contributed by atoms with Crippen LogP contribution in [0.1, 0.15) is 105 Å². The molecule has 5 aliphatic carbocycles. The minimum absolute atomic E-state index is 0.0235. The van der Waals surface area contributed by atoms with Gasteiger partial charge < -0.3 is 15.2 Å². The van der Waals surface area contributed by atoms with Gasteiger partial charge in [-0.3, -0.25) is 9.69 Å². The van der Waals surface area contributed by atoms with Gasteiger partial charge in [0.25, 0.3) is 0 Å². The van der Waals surface area contributed by atoms with E-state index in [0.29, 0.717) is 23.7 Å². The molecule has 7 rings (SSSR count). The Morgan fingerprint density at radius 3 is 2.51 bits per heavy atom. The number of anilines is 1. The molecular formula is C38H58N4O3. The molecule has 1 aromatic rings. The van der Waals surface area contributed by atoms with E-state index < -0.39 is 11.4 Å². The van der Waals surface area contributed by atoms with Crippen molar-refractivity contribution in [3.63, 3.8) is 0 Å². The van der Waals surface area contributed by atoms with Gasteiger partial charge in [0.15, 0.2) is 0 Å². The minimum atomic E-state index is -0.591. The third-order valence-electron chi connectivity index (χ3n) is 15.5. The Hall–Kier alpha value is -1.99. The highest BCUT2D eigenvalue weighted by Crippen LogP contribution is 2.75. The summed E-state index contributed by atoms with van der Waals surface area (Å²) >= 11 is 0. The summed E-state index contributed by atoms with van der Waals surface area (Å²) in [7, 11) is 0. The van der Waals surface area contributed by atoms with E-state index >= 15 is 0 Å². The maximum atomic E-state index is 13.1. The first kappa shape index (κ1) is 31.6. The number of morpholine rings is 1. The average Bonchev–Trinajstić information content (AvgIpc) is 3.00. The van der Waals surface area contributed by atoms with Crippen LogP contribution < -0.4 is 5.32 Å². The van der Waals surface area contributed by atoms with Crippen LogP contribution in [0.3, 0.4) is 0 Å². The second-order valence-electron chi connectivity index (χ2n) is 17.4. The van der Waals surface area contributed by atoms with Gasteiger partial charge in [0.2, 0.25) is 0 Å². The summed E-state index contributed by atoms with van der Waals surface area (Å²) in [4.78, 5) is 25.4. The molecule has 7 nitrogen and oxygen atoms in total. The number of fused-ring (bicyclic) bond motifs is 8. The highest BCUT2D eigenvalue weighted by atomic mass is 16.5. The number of carboxylic acids is 1. The van der Waals surface area contributed by atoms with Crippen LogP contribution in [0.4, 0.5) is 5.82 Å². The minimum Gasteiger partial charge on any atom is -0.481 e. The van der Waals surface area contributed by atoms with Crippen molar-refractivity contribution >= 4 is 11.8 Å². The summed E-state index contributed by atoms with van der Waals surface area (Å²) < 4.78 is 5.55. The number of hydrogen-bond donors (Lipinski definition) is 2. The van der Waals surface area contributed by atoms with Crippen molar-refractivity contribution in [1.82, 2.24) is 14.9 Å². The molecule has 0 bridgehead atoms. The predicted octanol–water partition coefficient (Wildman–Crippen LogP) is 6.98. The topological polar surface area (TPSA) is 87.6 Å². The first-order valence-electron chi connectivity index (χ1n) is 18.1. The van der Waals surface area contributed by atoms with Crippen LogP contribution >= 0.6 is 0 Å². The molecule has 3 saturated carbocycles. The standard InChI is InChI=1S/C38H58N4O3/c1-24-10-13-38(33(43)44)15-14-36(6)27(30(38)25(24)2)8-9-29-35(5)22-26-31(34(3,4)28(35)11-12-37(29,36)7)40-23-41-32(26)39-16-17-42-18-20-45-21-19-42/h8,23-25,28-30H,9-22H2,1-7H3,(H,43,44)(H,39,40,41). The first-order chi connectivity index (χ1) is 21.3. The zero-order chi connectivity index (χ0) is 32.0. The Labute approximate surface area is 271 Å². The van der Waals surface area contributed by atoms with Crippen molar-refractivity contribution in [2.45, 2.75) is 105 Å². The van der Waals surface area contributed by atoms with Crippen molar-refractivity contribution < 1.29 is 14.6 Å². The van der Waals surface area contributed by atoms with Crippen LogP contribution in [0, 0.1) is 51.2 Å². The lowest BCUT2D eigenvalue weighted by atomic mass is 9.33. The predicted molar refractivity (Wildman–Crippen MR) is 178 cm³/mol. The number of nitrogens with zero attached hydrogens (tertiary/aromatic N) is 3. The Balaban J connectivity index is 1.24. The third-order valence-corrected chi connectivity index (χ3v) is 15.5. The molecule has 7 heteroatoms. The maximum Gasteiger partial charge on any atom is 0.310 e. The lowest BCUT2D eigenvalue weighted by Gasteiger charge is -2.70. The van der Waals surface area contributed by atoms with E-state index in [-0.39, 0.29) is 27.6 Å². The van der Waals surface area contributed by atoms with E-state index in [2.05, 4.69) is 64.8 Å². The van der Waals surface area contributed by atoms with E-state index in [1.165, 1.54) is 29.7 Å². The van der Waals surface area contributed by atoms with Crippen LogP contribution in [-0.4, -0.2) is 65.3 Å². The van der Waals surface area contributed by atoms with Gasteiger partial charge in [0.05, 0.1) is 24.3 Å². The van der Waals surface area contributed by atoms with Gasteiger partial charge in [-0.05, 0) is 97.2 Å². The third kappa shape index (κ3) is 4.37. The van der Waals surface area contributed by atoms with Crippen molar-refractivity contribution in [2.75, 3.05) is 44.7 Å². The fourth-order valence-corrected chi connectivity index (χ4v) is 12.6. The normalized spacial score (nSPS) is 43.9. The second kappa shape index (κ2) is 10.8. The molecule has 45 heavy (non-hydrogen) atoms. The number of ether oxygens (including phenoxy) is 1. The SMILES string of the molecule is CC1CCC2(C(=O)O)CCC3(C)C(=CCC4C5(C)Cc6c(NCCN7CCOCC7)ncnc6C(C)(C)C5CCC43C)C2C1C. The fourth-order valence-electron chi connectivity index (χ4n) is 12.6. The highest BCUT2D eigenvalue weighted by Gasteiger charge is 2.69. The summed E-state index contributed by atoms with van der Waals surface area (Å²) in [5, 5.41) is 14.5. The number of aliphatic carboxylic acids is 1. The number of aromatic nitrogens is 2. The van der Waals surface area contributed by atoms with Crippen molar-refractivity contribution in [2.24, 2.45) is 51.2 Å². The Morgan fingerprint density at radius 1 is 1.02 bits per heavy atom. The molecule has 2 N–H and O–H groups in total. The number of rotatable bonds is 5. The first-order valence-corrected chi connectivity index (χ1v) is 18.1. The molecule has 6 aliphatic rings. The van der Waals surface area contributed by atoms with Gasteiger partial charge in [0, 0.05) is 37.2 Å². The zero-order valence-corrected chi connectivity index (χ0v) is 29.0. The molecule has 4 fully saturated rings. The number of hydrogen-bond acceptors (Lipinski definition) is 6. The number of nitrogens with one attached hydrogen (secondary N) is 1. The van der Waals surface area contributed by atoms with Gasteiger partial charge >= 0.3 is 5.97 Å². The van der Waals surface area contributed by atoms with Crippen molar-refractivity contribution in [3.05, 3.63) is 29.2 Å². The van der Waals surface area contributed by atoms with Crippen LogP contribution in [0.5, 0.6) is 0 Å². The van der Waals surface area contributed by atoms with Crippen LogP contribution in [0.25, 0.3) is 0 Å². The smallest absolute Gasteiger partial charge is 0.310 e. The average molecular weight is 619 g/mol. The van der Waals surface area contributed by atoms with Crippen molar-refractivity contribution in [1.29, 1.82) is 0 Å². The van der Waals surface area contributed by atoms with E-state index in [1.54, 1.807) is 6.33 Å². The quantitative estimate of drug-likeness (QED) is 0.345. The van der Waals surface area contributed by atoms with Gasteiger partial charge in [0.1, 0.15) is 12.1 Å². The number of carboxylic acid groups (broad SMARTS) is 1. The van der Waals surface area contributed by atoms with E-state index in [0.717, 1.165) is 83.7 Å². The second-order valence-corrected chi connectivity index (χ2v) is 17.4. The maximum absolute atomic E-state index is 13.1. The molecular weight excluding hydrogens is 560 g/mol. The van der Waals surface area contributed by atoms with Gasteiger partial charge in [-0.1, -0.05) is 60.1 Å². The van der Waals surface area contributed by atoms with Crippen LogP contribution in [0.2, 0.25) is 0 Å². The highest BCUT2D eigenvalue weighted by molar-refractivity contribution is 5.76.